The van der Waals surface area contributed by atoms with E-state index in [0.29, 0.717) is 0 Å². The van der Waals surface area contributed by atoms with Crippen LogP contribution in [-0.4, -0.2) is 34.1 Å². The van der Waals surface area contributed by atoms with E-state index >= 15 is 0 Å². The summed E-state index contributed by atoms with van der Waals surface area (Å²) in [6.45, 7) is 7.60. The second-order valence-electron chi connectivity index (χ2n) is 7.73. The highest BCUT2D eigenvalue weighted by atomic mass is 32.1. The van der Waals surface area contributed by atoms with Crippen molar-refractivity contribution in [1.82, 2.24) is 9.88 Å². The zero-order valence-corrected chi connectivity index (χ0v) is 15.2. The lowest BCUT2D eigenvalue weighted by Crippen LogP contribution is -2.45. The van der Waals surface area contributed by atoms with Gasteiger partial charge in [0.2, 0.25) is 0 Å². The molecule has 128 valence electrons. The normalized spacial score (nSPS) is 26.5. The molecule has 24 heavy (non-hydrogen) atoms. The Morgan fingerprint density at radius 1 is 1.33 bits per heavy atom. The summed E-state index contributed by atoms with van der Waals surface area (Å²) in [7, 11) is 0. The van der Waals surface area contributed by atoms with Gasteiger partial charge in [-0.1, -0.05) is 6.07 Å². The zero-order valence-electron chi connectivity index (χ0n) is 14.3. The summed E-state index contributed by atoms with van der Waals surface area (Å²) < 4.78 is 13.7. The molecule has 1 unspecified atom stereocenters. The summed E-state index contributed by atoms with van der Waals surface area (Å²) >= 11 is 1.73. The quantitative estimate of drug-likeness (QED) is 0.826. The maximum Gasteiger partial charge on any atom is 0.125 e. The monoisotopic (exact) mass is 345 g/mol. The molecule has 2 aliphatic rings. The second kappa shape index (κ2) is 5.81. The summed E-state index contributed by atoms with van der Waals surface area (Å²) in [6, 6.07) is 7.03. The molecule has 2 aliphatic heterocycles. The first kappa shape index (κ1) is 16.0. The average Bonchev–Trinajstić information content (AvgIpc) is 3.21. The van der Waals surface area contributed by atoms with E-state index in [1.807, 2.05) is 18.3 Å². The van der Waals surface area contributed by atoms with Gasteiger partial charge >= 0.3 is 0 Å². The minimum Gasteiger partial charge on any atom is -0.364 e. The van der Waals surface area contributed by atoms with Crippen LogP contribution in [0.4, 0.5) is 10.1 Å². The number of thiazole rings is 1. The molecule has 0 aliphatic carbocycles. The summed E-state index contributed by atoms with van der Waals surface area (Å²) in [4.78, 5) is 9.49. The van der Waals surface area contributed by atoms with Crippen molar-refractivity contribution in [3.05, 3.63) is 46.7 Å². The fraction of sp³-hybridized carbons (Fsp3) is 0.526. The van der Waals surface area contributed by atoms with Crippen molar-refractivity contribution in [3.63, 3.8) is 0 Å². The van der Waals surface area contributed by atoms with Crippen molar-refractivity contribution in [1.29, 1.82) is 0 Å². The molecule has 2 aromatic rings. The van der Waals surface area contributed by atoms with E-state index in [0.717, 1.165) is 31.7 Å². The van der Waals surface area contributed by atoms with Crippen LogP contribution in [0.1, 0.15) is 38.1 Å². The molecule has 1 spiro atoms. The van der Waals surface area contributed by atoms with Crippen LogP contribution in [0.2, 0.25) is 0 Å². The molecular formula is C19H24FN3S. The van der Waals surface area contributed by atoms with E-state index in [2.05, 4.69) is 34.0 Å². The minimum absolute atomic E-state index is 0.0270. The van der Waals surface area contributed by atoms with E-state index < -0.39 is 0 Å². The Morgan fingerprint density at radius 3 is 2.96 bits per heavy atom. The van der Waals surface area contributed by atoms with Crippen molar-refractivity contribution in [2.75, 3.05) is 18.0 Å². The fourth-order valence-electron chi connectivity index (χ4n) is 4.66. The molecule has 0 amide bonds. The van der Waals surface area contributed by atoms with Gasteiger partial charge in [0.05, 0.1) is 6.54 Å². The maximum atomic E-state index is 13.7. The Bertz CT molecular complexity index is 715. The van der Waals surface area contributed by atoms with Crippen LogP contribution >= 0.6 is 11.3 Å². The first-order chi connectivity index (χ1) is 11.5. The third kappa shape index (κ3) is 2.74. The molecule has 2 saturated heterocycles. The SMILES string of the molecule is CC1(C)CC2(CCCN2Cc2nccs2)CN1c1cccc(F)c1. The Labute approximate surface area is 147 Å². The average molecular weight is 345 g/mol. The number of anilines is 1. The molecular weight excluding hydrogens is 321 g/mol. The molecule has 1 aromatic heterocycles. The molecule has 3 heterocycles. The van der Waals surface area contributed by atoms with Crippen molar-refractivity contribution in [3.8, 4) is 0 Å². The van der Waals surface area contributed by atoms with Crippen molar-refractivity contribution < 1.29 is 4.39 Å². The Morgan fingerprint density at radius 2 is 2.21 bits per heavy atom. The number of halogens is 1. The van der Waals surface area contributed by atoms with Gasteiger partial charge in [-0.25, -0.2) is 9.37 Å². The summed E-state index contributed by atoms with van der Waals surface area (Å²) in [6.07, 6.45) is 5.45. The zero-order chi connectivity index (χ0) is 16.8. The summed E-state index contributed by atoms with van der Waals surface area (Å²) in [5.41, 5.74) is 1.21. The van der Waals surface area contributed by atoms with Crippen LogP contribution < -0.4 is 4.90 Å². The van der Waals surface area contributed by atoms with Gasteiger partial charge in [-0.2, -0.15) is 0 Å². The molecule has 3 nitrogen and oxygen atoms in total. The number of nitrogens with zero attached hydrogens (tertiary/aromatic N) is 3. The van der Waals surface area contributed by atoms with E-state index in [1.165, 1.54) is 23.9 Å². The van der Waals surface area contributed by atoms with E-state index in [1.54, 1.807) is 17.4 Å². The lowest BCUT2D eigenvalue weighted by atomic mass is 9.88. The summed E-state index contributed by atoms with van der Waals surface area (Å²) in [5.74, 6) is -0.157. The topological polar surface area (TPSA) is 19.4 Å². The van der Waals surface area contributed by atoms with Crippen LogP contribution in [-0.2, 0) is 6.54 Å². The van der Waals surface area contributed by atoms with Crippen molar-refractivity contribution >= 4 is 17.0 Å². The van der Waals surface area contributed by atoms with Crippen molar-refractivity contribution in [2.24, 2.45) is 0 Å². The highest BCUT2D eigenvalue weighted by Crippen LogP contribution is 2.47. The molecule has 5 heteroatoms. The number of hydrogen-bond acceptors (Lipinski definition) is 4. The molecule has 4 rings (SSSR count). The third-order valence-corrected chi connectivity index (χ3v) is 6.38. The van der Waals surface area contributed by atoms with Crippen LogP contribution in [0, 0.1) is 5.82 Å². The largest absolute Gasteiger partial charge is 0.364 e. The summed E-state index contributed by atoms with van der Waals surface area (Å²) in [5, 5.41) is 3.24. The molecule has 0 radical (unpaired) electrons. The predicted octanol–water partition coefficient (Wildman–Crippen LogP) is 4.31. The lowest BCUT2D eigenvalue weighted by molar-refractivity contribution is 0.141. The molecule has 0 bridgehead atoms. The van der Waals surface area contributed by atoms with Gasteiger partial charge in [-0.3, -0.25) is 4.90 Å². The van der Waals surface area contributed by atoms with E-state index in [4.69, 9.17) is 0 Å². The minimum atomic E-state index is -0.157. The number of likely N-dealkylation sites (tertiary alicyclic amines) is 1. The van der Waals surface area contributed by atoms with Gasteiger partial charge in [0.1, 0.15) is 10.8 Å². The predicted molar refractivity (Wildman–Crippen MR) is 96.9 cm³/mol. The highest BCUT2D eigenvalue weighted by Gasteiger charge is 2.53. The van der Waals surface area contributed by atoms with E-state index in [-0.39, 0.29) is 16.9 Å². The first-order valence-electron chi connectivity index (χ1n) is 8.65. The van der Waals surface area contributed by atoms with Crippen LogP contribution in [0.3, 0.4) is 0 Å². The first-order valence-corrected chi connectivity index (χ1v) is 9.53. The smallest absolute Gasteiger partial charge is 0.125 e. The van der Waals surface area contributed by atoms with Gasteiger partial charge in [0.25, 0.3) is 0 Å². The van der Waals surface area contributed by atoms with Gasteiger partial charge in [0, 0.05) is 34.9 Å². The van der Waals surface area contributed by atoms with Gasteiger partial charge in [-0.15, -0.1) is 11.3 Å². The van der Waals surface area contributed by atoms with Gasteiger partial charge in [-0.05, 0) is 57.9 Å². The Kier molecular flexibility index (Phi) is 3.88. The van der Waals surface area contributed by atoms with E-state index in [9.17, 15) is 4.39 Å². The van der Waals surface area contributed by atoms with Crippen LogP contribution in [0.15, 0.2) is 35.8 Å². The molecule has 1 atom stereocenters. The highest BCUT2D eigenvalue weighted by molar-refractivity contribution is 7.09. The molecule has 2 fully saturated rings. The number of aromatic nitrogens is 1. The van der Waals surface area contributed by atoms with Crippen molar-refractivity contribution in [2.45, 2.75) is 50.7 Å². The second-order valence-corrected chi connectivity index (χ2v) is 8.71. The number of hydrogen-bond donors (Lipinski definition) is 0. The Balaban J connectivity index is 1.62. The van der Waals surface area contributed by atoms with Gasteiger partial charge < -0.3 is 4.90 Å². The lowest BCUT2D eigenvalue weighted by Gasteiger charge is -2.34. The third-order valence-electron chi connectivity index (χ3n) is 5.62. The molecule has 0 saturated carbocycles. The fourth-order valence-corrected chi connectivity index (χ4v) is 5.30. The van der Waals surface area contributed by atoms with Gasteiger partial charge in [0.15, 0.2) is 0 Å². The molecule has 1 aromatic carbocycles. The Hall–Kier alpha value is -1.46. The number of benzene rings is 1. The van der Waals surface area contributed by atoms with Crippen LogP contribution in [0.5, 0.6) is 0 Å². The standard InChI is InChI=1S/C19H24FN3S/c1-18(2)13-19(14-23(18)16-6-3-5-15(20)11-16)7-4-9-22(19)12-17-21-8-10-24-17/h3,5-6,8,10-11H,4,7,9,12-14H2,1-2H3. The number of rotatable bonds is 3. The maximum absolute atomic E-state index is 13.7. The molecule has 0 N–H and O–H groups in total. The van der Waals surface area contributed by atoms with Crippen LogP contribution in [0.25, 0.3) is 0 Å².